The Kier molecular flexibility index (Phi) is 8.92. The Hall–Kier alpha value is -1.93. The van der Waals surface area contributed by atoms with Gasteiger partial charge in [-0.2, -0.15) is 0 Å². The van der Waals surface area contributed by atoms with Crippen molar-refractivity contribution in [3.05, 3.63) is 23.8 Å². The van der Waals surface area contributed by atoms with Crippen LogP contribution < -0.4 is 10.0 Å². The number of hydrogen-bond acceptors (Lipinski definition) is 4. The van der Waals surface area contributed by atoms with Crippen LogP contribution in [0.5, 0.6) is 0 Å². The number of hydrogen-bond donors (Lipinski definition) is 3. The van der Waals surface area contributed by atoms with E-state index < -0.39 is 16.0 Å². The van der Waals surface area contributed by atoms with Crippen molar-refractivity contribution in [2.75, 3.05) is 11.9 Å². The molecule has 0 bridgehead atoms. The zero-order chi connectivity index (χ0) is 20.4. The molecule has 156 valence electrons. The van der Waals surface area contributed by atoms with Crippen molar-refractivity contribution >= 4 is 27.6 Å². The van der Waals surface area contributed by atoms with E-state index in [9.17, 15) is 18.0 Å². The maximum absolute atomic E-state index is 12.4. The van der Waals surface area contributed by atoms with Crippen LogP contribution in [0.25, 0.3) is 0 Å². The van der Waals surface area contributed by atoms with E-state index in [2.05, 4.69) is 10.0 Å². The molecule has 8 heteroatoms. The number of unbranched alkanes of at least 4 members (excludes halogenated alkanes) is 7. The number of carbonyl (C=O) groups excluding carboxylic acids is 1. The molecule has 1 heterocycles. The van der Waals surface area contributed by atoms with Gasteiger partial charge in [0.25, 0.3) is 0 Å². The molecule has 28 heavy (non-hydrogen) atoms. The summed E-state index contributed by atoms with van der Waals surface area (Å²) in [5.41, 5.74) is 1.55. The third kappa shape index (κ3) is 7.59. The molecule has 0 fully saturated rings. The zero-order valence-corrected chi connectivity index (χ0v) is 17.0. The second-order valence-corrected chi connectivity index (χ2v) is 9.00. The molecule has 0 aromatic heterocycles. The first-order chi connectivity index (χ1) is 13.4. The Balaban J connectivity index is 1.61. The molecule has 0 atom stereocenters. The lowest BCUT2D eigenvalue weighted by Gasteiger charge is -2.17. The van der Waals surface area contributed by atoms with Gasteiger partial charge in [0, 0.05) is 25.1 Å². The summed E-state index contributed by atoms with van der Waals surface area (Å²) < 4.78 is 27.5. The van der Waals surface area contributed by atoms with E-state index >= 15 is 0 Å². The maximum Gasteiger partial charge on any atom is 0.303 e. The van der Waals surface area contributed by atoms with Crippen LogP contribution in [0, 0.1) is 0 Å². The van der Waals surface area contributed by atoms with Crippen molar-refractivity contribution in [3.63, 3.8) is 0 Å². The molecule has 1 amide bonds. The van der Waals surface area contributed by atoms with Crippen LogP contribution in [-0.2, 0) is 26.0 Å². The highest BCUT2D eigenvalue weighted by Crippen LogP contribution is 2.25. The summed E-state index contributed by atoms with van der Waals surface area (Å²) in [6.45, 7) is 0.411. The van der Waals surface area contributed by atoms with E-state index in [-0.39, 0.29) is 17.2 Å². The van der Waals surface area contributed by atoms with Crippen molar-refractivity contribution < 1.29 is 23.1 Å². The number of benzene rings is 1. The van der Waals surface area contributed by atoms with Crippen LogP contribution in [0.4, 0.5) is 5.69 Å². The van der Waals surface area contributed by atoms with Gasteiger partial charge in [-0.15, -0.1) is 0 Å². The fourth-order valence-corrected chi connectivity index (χ4v) is 4.40. The molecule has 3 N–H and O–H groups in total. The van der Waals surface area contributed by atoms with Gasteiger partial charge >= 0.3 is 5.97 Å². The Bertz CT molecular complexity index is 777. The third-order valence-corrected chi connectivity index (χ3v) is 6.35. The van der Waals surface area contributed by atoms with Gasteiger partial charge in [0.15, 0.2) is 0 Å². The summed E-state index contributed by atoms with van der Waals surface area (Å²) in [5, 5.41) is 11.3. The molecule has 0 saturated carbocycles. The number of carboxylic acids is 1. The average Bonchev–Trinajstić information content (AvgIpc) is 2.65. The van der Waals surface area contributed by atoms with Gasteiger partial charge in [0.1, 0.15) is 0 Å². The van der Waals surface area contributed by atoms with Crippen LogP contribution in [-0.4, -0.2) is 31.9 Å². The summed E-state index contributed by atoms with van der Waals surface area (Å²) in [6, 6.07) is 4.82. The normalized spacial score (nSPS) is 13.8. The first-order valence-corrected chi connectivity index (χ1v) is 11.5. The number of aliphatic carboxylic acids is 1. The summed E-state index contributed by atoms with van der Waals surface area (Å²) >= 11 is 0. The van der Waals surface area contributed by atoms with Crippen LogP contribution >= 0.6 is 0 Å². The fourth-order valence-electron chi connectivity index (χ4n) is 3.28. The van der Waals surface area contributed by atoms with Gasteiger partial charge in [-0.1, -0.05) is 38.5 Å². The molecule has 1 aromatic carbocycles. The zero-order valence-electron chi connectivity index (χ0n) is 16.2. The molecule has 0 saturated heterocycles. The van der Waals surface area contributed by atoms with Gasteiger partial charge < -0.3 is 10.4 Å². The molecule has 1 aliphatic rings. The van der Waals surface area contributed by atoms with Gasteiger partial charge in [-0.05, 0) is 43.0 Å². The van der Waals surface area contributed by atoms with E-state index in [1.54, 1.807) is 12.1 Å². The number of carboxylic acid groups (broad SMARTS) is 1. The van der Waals surface area contributed by atoms with Crippen molar-refractivity contribution in [3.8, 4) is 0 Å². The fraction of sp³-hybridized carbons (Fsp3) is 0.600. The molecule has 1 aromatic rings. The minimum Gasteiger partial charge on any atom is -0.481 e. The number of anilines is 1. The van der Waals surface area contributed by atoms with Crippen LogP contribution in [0.15, 0.2) is 23.1 Å². The molecule has 0 aliphatic carbocycles. The van der Waals surface area contributed by atoms with Gasteiger partial charge in [0.2, 0.25) is 15.9 Å². The number of amides is 1. The van der Waals surface area contributed by atoms with Crippen molar-refractivity contribution in [1.82, 2.24) is 4.72 Å². The topological polar surface area (TPSA) is 113 Å². The Morgan fingerprint density at radius 2 is 1.64 bits per heavy atom. The molecular formula is C20H30N2O5S. The highest BCUT2D eigenvalue weighted by Gasteiger charge is 2.19. The second-order valence-electron chi connectivity index (χ2n) is 7.24. The van der Waals surface area contributed by atoms with Crippen molar-refractivity contribution in [2.24, 2.45) is 0 Å². The average molecular weight is 411 g/mol. The van der Waals surface area contributed by atoms with Gasteiger partial charge in [-0.25, -0.2) is 13.1 Å². The molecular weight excluding hydrogens is 380 g/mol. The first-order valence-electron chi connectivity index (χ1n) is 10.0. The van der Waals surface area contributed by atoms with Crippen molar-refractivity contribution in [1.29, 1.82) is 0 Å². The number of sulfonamides is 1. The van der Waals surface area contributed by atoms with Crippen LogP contribution in [0.3, 0.4) is 0 Å². The smallest absolute Gasteiger partial charge is 0.303 e. The molecule has 0 spiro atoms. The van der Waals surface area contributed by atoms with E-state index in [1.807, 2.05) is 0 Å². The van der Waals surface area contributed by atoms with E-state index in [4.69, 9.17) is 5.11 Å². The minimum absolute atomic E-state index is 0.0403. The predicted octanol–water partition coefficient (Wildman–Crippen LogP) is 3.45. The molecule has 0 unspecified atom stereocenters. The number of aryl methyl sites for hydroxylation is 1. The lowest BCUT2D eigenvalue weighted by atomic mass is 10.0. The molecule has 7 nitrogen and oxygen atoms in total. The Morgan fingerprint density at radius 1 is 1.00 bits per heavy atom. The van der Waals surface area contributed by atoms with Crippen molar-refractivity contribution in [2.45, 2.75) is 75.5 Å². The Labute approximate surface area is 167 Å². The van der Waals surface area contributed by atoms with Crippen LogP contribution in [0.1, 0.15) is 69.8 Å². The summed E-state index contributed by atoms with van der Waals surface area (Å²) in [5.74, 6) is -0.772. The third-order valence-electron chi connectivity index (χ3n) is 4.89. The largest absolute Gasteiger partial charge is 0.481 e. The molecule has 1 aliphatic heterocycles. The first kappa shape index (κ1) is 22.4. The number of nitrogens with one attached hydrogen (secondary N) is 2. The van der Waals surface area contributed by atoms with Gasteiger partial charge in [0.05, 0.1) is 4.90 Å². The maximum atomic E-state index is 12.4. The standard InChI is InChI=1S/C20H30N2O5S/c23-19-13-10-16-15-17(11-12-18(16)22-19)28(26,27)21-14-8-6-4-2-1-3-5-7-9-20(24)25/h11-12,15,21H,1-10,13-14H2,(H,22,23)(H,24,25). The SMILES string of the molecule is O=C(O)CCCCCCCCCCNS(=O)(=O)c1ccc2c(c1)CCC(=O)N2. The summed E-state index contributed by atoms with van der Waals surface area (Å²) in [6.07, 6.45) is 8.93. The monoisotopic (exact) mass is 410 g/mol. The predicted molar refractivity (Wildman–Crippen MR) is 108 cm³/mol. The van der Waals surface area contributed by atoms with Gasteiger partial charge in [-0.3, -0.25) is 9.59 Å². The van der Waals surface area contributed by atoms with E-state index in [1.165, 1.54) is 6.07 Å². The summed E-state index contributed by atoms with van der Waals surface area (Å²) in [7, 11) is -3.53. The summed E-state index contributed by atoms with van der Waals surface area (Å²) in [4.78, 5) is 22.0. The number of rotatable bonds is 13. The number of fused-ring (bicyclic) bond motifs is 1. The van der Waals surface area contributed by atoms with Crippen LogP contribution in [0.2, 0.25) is 0 Å². The van der Waals surface area contributed by atoms with E-state index in [0.717, 1.165) is 56.9 Å². The molecule has 0 radical (unpaired) electrons. The number of carbonyl (C=O) groups is 2. The van der Waals surface area contributed by atoms with E-state index in [0.29, 0.717) is 25.1 Å². The highest BCUT2D eigenvalue weighted by molar-refractivity contribution is 7.89. The highest BCUT2D eigenvalue weighted by atomic mass is 32.2. The lowest BCUT2D eigenvalue weighted by molar-refractivity contribution is -0.137. The second kappa shape index (κ2) is 11.2. The molecule has 2 rings (SSSR count). The quantitative estimate of drug-likeness (QED) is 0.431. The minimum atomic E-state index is -3.53. The lowest BCUT2D eigenvalue weighted by Crippen LogP contribution is -2.25. The Morgan fingerprint density at radius 3 is 2.32 bits per heavy atom.